The van der Waals surface area contributed by atoms with E-state index in [2.05, 4.69) is 10.6 Å². The Bertz CT molecular complexity index is 752. The molecule has 0 radical (unpaired) electrons. The maximum Gasteiger partial charge on any atom is 0.325 e. The van der Waals surface area contributed by atoms with E-state index < -0.39 is 41.6 Å². The van der Waals surface area contributed by atoms with Crippen molar-refractivity contribution in [2.45, 2.75) is 31.4 Å². The predicted molar refractivity (Wildman–Crippen MR) is 85.9 cm³/mol. The molecule has 0 spiro atoms. The number of benzene rings is 1. The number of carbonyl (C=O) groups excluding carboxylic acids is 3. The van der Waals surface area contributed by atoms with Gasteiger partial charge >= 0.3 is 6.03 Å². The van der Waals surface area contributed by atoms with Gasteiger partial charge < -0.3 is 15.4 Å². The highest BCUT2D eigenvalue weighted by Crippen LogP contribution is 2.31. The summed E-state index contributed by atoms with van der Waals surface area (Å²) in [6.07, 6.45) is 1.68. The number of carbonyl (C=O) groups is 3. The fraction of sp³-hybridized carbons (Fsp3) is 0.471. The zero-order chi connectivity index (χ0) is 18.9. The SMILES string of the molecule is C[C@]1(c2cc(F)ccc2F)NC(=O)N(CC(=O)NC[C@@H]2CCCO2)C1=O. The molecule has 140 valence electrons. The Labute approximate surface area is 148 Å². The summed E-state index contributed by atoms with van der Waals surface area (Å²) in [4.78, 5) is 37.5. The van der Waals surface area contributed by atoms with Crippen molar-refractivity contribution in [3.63, 3.8) is 0 Å². The van der Waals surface area contributed by atoms with Gasteiger partial charge in [0.05, 0.1) is 6.10 Å². The number of amides is 4. The van der Waals surface area contributed by atoms with E-state index >= 15 is 0 Å². The largest absolute Gasteiger partial charge is 0.376 e. The molecule has 2 heterocycles. The molecule has 9 heteroatoms. The second-order valence-electron chi connectivity index (χ2n) is 6.51. The van der Waals surface area contributed by atoms with E-state index in [9.17, 15) is 23.2 Å². The van der Waals surface area contributed by atoms with Crippen LogP contribution < -0.4 is 10.6 Å². The molecule has 0 saturated carbocycles. The third kappa shape index (κ3) is 3.39. The van der Waals surface area contributed by atoms with Crippen LogP contribution in [-0.2, 0) is 19.9 Å². The second kappa shape index (κ2) is 6.99. The van der Waals surface area contributed by atoms with Crippen molar-refractivity contribution < 1.29 is 27.9 Å². The number of rotatable bonds is 5. The Hall–Kier alpha value is -2.55. The first-order valence-corrected chi connectivity index (χ1v) is 8.29. The van der Waals surface area contributed by atoms with Gasteiger partial charge in [0.1, 0.15) is 23.7 Å². The first-order valence-electron chi connectivity index (χ1n) is 8.29. The highest BCUT2D eigenvalue weighted by molar-refractivity contribution is 6.09. The minimum atomic E-state index is -1.78. The van der Waals surface area contributed by atoms with Gasteiger partial charge in [-0.1, -0.05) is 0 Å². The van der Waals surface area contributed by atoms with Gasteiger partial charge in [0.2, 0.25) is 5.91 Å². The molecule has 0 bridgehead atoms. The lowest BCUT2D eigenvalue weighted by atomic mass is 9.91. The molecule has 3 rings (SSSR count). The summed E-state index contributed by atoms with van der Waals surface area (Å²) >= 11 is 0. The van der Waals surface area contributed by atoms with Gasteiger partial charge in [-0.05, 0) is 38.0 Å². The summed E-state index contributed by atoms with van der Waals surface area (Å²) in [6, 6.07) is 1.81. The molecule has 2 aliphatic heterocycles. The highest BCUT2D eigenvalue weighted by atomic mass is 19.1. The quantitative estimate of drug-likeness (QED) is 0.761. The Morgan fingerprint density at radius 3 is 2.88 bits per heavy atom. The molecular formula is C17H19F2N3O4. The maximum absolute atomic E-state index is 14.1. The van der Waals surface area contributed by atoms with Crippen LogP contribution >= 0.6 is 0 Å². The number of nitrogens with zero attached hydrogens (tertiary/aromatic N) is 1. The van der Waals surface area contributed by atoms with Gasteiger partial charge in [-0.2, -0.15) is 0 Å². The van der Waals surface area contributed by atoms with E-state index in [1.807, 2.05) is 0 Å². The number of halogens is 2. The molecule has 0 aromatic heterocycles. The average Bonchev–Trinajstić information content (AvgIpc) is 3.18. The van der Waals surface area contributed by atoms with E-state index in [4.69, 9.17) is 4.74 Å². The maximum atomic E-state index is 14.1. The average molecular weight is 367 g/mol. The number of imide groups is 1. The number of ether oxygens (including phenoxy) is 1. The van der Waals surface area contributed by atoms with Crippen LogP contribution in [0.15, 0.2) is 18.2 Å². The van der Waals surface area contributed by atoms with Crippen molar-refractivity contribution >= 4 is 17.8 Å². The van der Waals surface area contributed by atoms with Crippen molar-refractivity contribution in [1.29, 1.82) is 0 Å². The Morgan fingerprint density at radius 2 is 2.19 bits per heavy atom. The summed E-state index contributed by atoms with van der Waals surface area (Å²) in [5, 5.41) is 4.95. The van der Waals surface area contributed by atoms with Crippen LogP contribution in [0.2, 0.25) is 0 Å². The monoisotopic (exact) mass is 367 g/mol. The van der Waals surface area contributed by atoms with Crippen molar-refractivity contribution in [3.05, 3.63) is 35.4 Å². The van der Waals surface area contributed by atoms with E-state index in [1.54, 1.807) is 0 Å². The molecule has 2 aliphatic rings. The van der Waals surface area contributed by atoms with Crippen LogP contribution in [0.3, 0.4) is 0 Å². The van der Waals surface area contributed by atoms with Crippen LogP contribution in [0.4, 0.5) is 13.6 Å². The molecule has 0 aliphatic carbocycles. The molecule has 4 amide bonds. The summed E-state index contributed by atoms with van der Waals surface area (Å²) in [5.41, 5.74) is -2.07. The predicted octanol–water partition coefficient (Wildman–Crippen LogP) is 1.03. The lowest BCUT2D eigenvalue weighted by molar-refractivity contribution is -0.135. The molecule has 2 fully saturated rings. The standard InChI is InChI=1S/C17H19F2N3O4/c1-17(12-7-10(18)4-5-13(12)19)15(24)22(16(25)21-17)9-14(23)20-8-11-3-2-6-26-11/h4-5,7,11H,2-3,6,8-9H2,1H3,(H,20,23)(H,21,25)/t11-,17+/m0/s1. The molecule has 0 unspecified atom stereocenters. The fourth-order valence-corrected chi connectivity index (χ4v) is 3.14. The first-order chi connectivity index (χ1) is 12.3. The van der Waals surface area contributed by atoms with Gasteiger partial charge in [0.15, 0.2) is 0 Å². The van der Waals surface area contributed by atoms with E-state index in [-0.39, 0.29) is 18.2 Å². The van der Waals surface area contributed by atoms with Crippen molar-refractivity contribution in [2.75, 3.05) is 19.7 Å². The third-order valence-corrected chi connectivity index (χ3v) is 4.59. The zero-order valence-corrected chi connectivity index (χ0v) is 14.2. The Balaban J connectivity index is 1.70. The van der Waals surface area contributed by atoms with E-state index in [0.717, 1.165) is 31.0 Å². The molecule has 7 nitrogen and oxygen atoms in total. The summed E-state index contributed by atoms with van der Waals surface area (Å²) in [6.45, 7) is 1.70. The number of nitrogens with one attached hydrogen (secondary N) is 2. The lowest BCUT2D eigenvalue weighted by Gasteiger charge is -2.22. The summed E-state index contributed by atoms with van der Waals surface area (Å²) in [5.74, 6) is -2.92. The minimum Gasteiger partial charge on any atom is -0.376 e. The number of urea groups is 1. The Kier molecular flexibility index (Phi) is 4.90. The van der Waals surface area contributed by atoms with Crippen molar-refractivity contribution in [1.82, 2.24) is 15.5 Å². The normalized spacial score (nSPS) is 25.5. The molecule has 2 atom stereocenters. The fourth-order valence-electron chi connectivity index (χ4n) is 3.14. The minimum absolute atomic E-state index is 0.0753. The molecule has 1 aromatic rings. The number of hydrogen-bond donors (Lipinski definition) is 2. The van der Waals surface area contributed by atoms with E-state index in [1.165, 1.54) is 6.92 Å². The van der Waals surface area contributed by atoms with Crippen LogP contribution in [0.1, 0.15) is 25.3 Å². The molecule has 1 aromatic carbocycles. The van der Waals surface area contributed by atoms with Gasteiger partial charge in [0.25, 0.3) is 5.91 Å². The Morgan fingerprint density at radius 1 is 1.42 bits per heavy atom. The summed E-state index contributed by atoms with van der Waals surface area (Å²) in [7, 11) is 0. The van der Waals surface area contributed by atoms with Crippen LogP contribution in [0, 0.1) is 11.6 Å². The highest BCUT2D eigenvalue weighted by Gasteiger charge is 2.50. The number of hydrogen-bond acceptors (Lipinski definition) is 4. The van der Waals surface area contributed by atoms with Crippen LogP contribution in [0.25, 0.3) is 0 Å². The molecule has 26 heavy (non-hydrogen) atoms. The van der Waals surface area contributed by atoms with Crippen LogP contribution in [-0.4, -0.2) is 48.5 Å². The molecule has 2 N–H and O–H groups in total. The van der Waals surface area contributed by atoms with Gasteiger partial charge in [0, 0.05) is 18.7 Å². The van der Waals surface area contributed by atoms with Gasteiger partial charge in [-0.15, -0.1) is 0 Å². The first kappa shape index (κ1) is 18.2. The van der Waals surface area contributed by atoms with Crippen molar-refractivity contribution in [2.24, 2.45) is 0 Å². The zero-order valence-electron chi connectivity index (χ0n) is 14.2. The van der Waals surface area contributed by atoms with Gasteiger partial charge in [-0.25, -0.2) is 13.6 Å². The van der Waals surface area contributed by atoms with Crippen molar-refractivity contribution in [3.8, 4) is 0 Å². The second-order valence-corrected chi connectivity index (χ2v) is 6.51. The molecule has 2 saturated heterocycles. The van der Waals surface area contributed by atoms with Crippen LogP contribution in [0.5, 0.6) is 0 Å². The lowest BCUT2D eigenvalue weighted by Crippen LogP contribution is -2.44. The third-order valence-electron chi connectivity index (χ3n) is 4.59. The topological polar surface area (TPSA) is 87.7 Å². The summed E-state index contributed by atoms with van der Waals surface area (Å²) < 4.78 is 32.9. The van der Waals surface area contributed by atoms with E-state index in [0.29, 0.717) is 11.5 Å². The molecular weight excluding hydrogens is 348 g/mol. The van der Waals surface area contributed by atoms with Gasteiger partial charge in [-0.3, -0.25) is 14.5 Å². The smallest absolute Gasteiger partial charge is 0.325 e.